The maximum Gasteiger partial charge on any atom is 0.422 e. The van der Waals surface area contributed by atoms with E-state index < -0.39 is 29.6 Å². The Labute approximate surface area is 128 Å². The van der Waals surface area contributed by atoms with E-state index in [9.17, 15) is 22.2 Å². The van der Waals surface area contributed by atoms with Crippen LogP contribution in [0.2, 0.25) is 0 Å². The van der Waals surface area contributed by atoms with Gasteiger partial charge in [-0.15, -0.1) is 0 Å². The topological polar surface area (TPSA) is 67.4 Å². The fourth-order valence-electron chi connectivity index (χ4n) is 1.53. The van der Waals surface area contributed by atoms with Crippen molar-refractivity contribution < 1.29 is 26.9 Å². The first kappa shape index (κ1) is 18.3. The third-order valence-electron chi connectivity index (χ3n) is 2.50. The number of halogens is 3. The number of nitrogens with one attached hydrogen (secondary N) is 2. The molecule has 1 unspecified atom stereocenters. The Bertz CT molecular complexity index is 550. The lowest BCUT2D eigenvalue weighted by molar-refractivity contribution is -0.153. The highest BCUT2D eigenvalue weighted by atomic mass is 32.2. The zero-order valence-electron chi connectivity index (χ0n) is 12.1. The molecule has 0 saturated heterocycles. The molecular weight excluding hydrogens is 321 g/mol. The average Bonchev–Trinajstić information content (AvgIpc) is 2.36. The highest BCUT2D eigenvalue weighted by Crippen LogP contribution is 2.24. The van der Waals surface area contributed by atoms with Crippen LogP contribution in [0.5, 0.6) is 5.75 Å². The Kier molecular flexibility index (Phi) is 6.66. The lowest BCUT2D eigenvalue weighted by atomic mass is 10.2. The SMILES string of the molecule is Cc1cc(NC(=O)NCCS(C)=O)ccc1OCC(F)(F)F. The van der Waals surface area contributed by atoms with Gasteiger partial charge in [0.25, 0.3) is 0 Å². The zero-order chi connectivity index (χ0) is 16.8. The van der Waals surface area contributed by atoms with E-state index >= 15 is 0 Å². The number of rotatable bonds is 6. The van der Waals surface area contributed by atoms with Crippen LogP contribution in [0.15, 0.2) is 18.2 Å². The Hall–Kier alpha value is -1.77. The number of ether oxygens (including phenoxy) is 1. The van der Waals surface area contributed by atoms with Crippen LogP contribution in [-0.4, -0.2) is 41.6 Å². The molecule has 0 saturated carbocycles. The second kappa shape index (κ2) is 8.02. The van der Waals surface area contributed by atoms with Gasteiger partial charge in [-0.3, -0.25) is 4.21 Å². The van der Waals surface area contributed by atoms with Gasteiger partial charge in [0.2, 0.25) is 0 Å². The molecule has 2 amide bonds. The summed E-state index contributed by atoms with van der Waals surface area (Å²) >= 11 is 0. The molecule has 0 spiro atoms. The lowest BCUT2D eigenvalue weighted by Gasteiger charge is -2.13. The number of benzene rings is 1. The van der Waals surface area contributed by atoms with Crippen LogP contribution in [0, 0.1) is 6.92 Å². The quantitative estimate of drug-likeness (QED) is 0.837. The first-order valence-corrected chi connectivity index (χ1v) is 8.05. The number of urea groups is 1. The van der Waals surface area contributed by atoms with Crippen molar-refractivity contribution in [2.24, 2.45) is 0 Å². The number of aryl methyl sites for hydroxylation is 1. The summed E-state index contributed by atoms with van der Waals surface area (Å²) in [7, 11) is -0.996. The van der Waals surface area contributed by atoms with Crippen LogP contribution in [0.1, 0.15) is 5.56 Å². The van der Waals surface area contributed by atoms with E-state index in [0.717, 1.165) is 0 Å². The standard InChI is InChI=1S/C13H17F3N2O3S/c1-9-7-10(18-12(19)17-5-6-22(2)20)3-4-11(9)21-8-13(14,15)16/h3-4,7H,5-6,8H2,1-2H3,(H2,17,18,19). The molecule has 2 N–H and O–H groups in total. The van der Waals surface area contributed by atoms with E-state index in [2.05, 4.69) is 15.4 Å². The van der Waals surface area contributed by atoms with Gasteiger partial charge in [-0.05, 0) is 30.7 Å². The van der Waals surface area contributed by atoms with Crippen LogP contribution in [-0.2, 0) is 10.8 Å². The molecular formula is C13H17F3N2O3S. The van der Waals surface area contributed by atoms with Crippen LogP contribution in [0.4, 0.5) is 23.7 Å². The highest BCUT2D eigenvalue weighted by Gasteiger charge is 2.28. The molecule has 1 aromatic rings. The van der Waals surface area contributed by atoms with Gasteiger partial charge in [-0.1, -0.05) is 0 Å². The molecule has 124 valence electrons. The van der Waals surface area contributed by atoms with Gasteiger partial charge in [0.1, 0.15) is 5.75 Å². The maximum atomic E-state index is 12.1. The van der Waals surface area contributed by atoms with Gasteiger partial charge >= 0.3 is 12.2 Å². The minimum atomic E-state index is -4.40. The summed E-state index contributed by atoms with van der Waals surface area (Å²) in [6.07, 6.45) is -2.87. The summed E-state index contributed by atoms with van der Waals surface area (Å²) in [5.41, 5.74) is 0.892. The molecule has 1 aromatic carbocycles. The molecule has 0 heterocycles. The highest BCUT2D eigenvalue weighted by molar-refractivity contribution is 7.84. The minimum Gasteiger partial charge on any atom is -0.484 e. The maximum absolute atomic E-state index is 12.1. The first-order valence-electron chi connectivity index (χ1n) is 6.32. The number of hydrogen-bond acceptors (Lipinski definition) is 3. The molecule has 9 heteroatoms. The molecule has 0 bridgehead atoms. The van der Waals surface area contributed by atoms with E-state index in [4.69, 9.17) is 0 Å². The van der Waals surface area contributed by atoms with E-state index in [1.54, 1.807) is 6.92 Å². The molecule has 0 aromatic heterocycles. The van der Waals surface area contributed by atoms with Crippen molar-refractivity contribution >= 4 is 22.5 Å². The number of anilines is 1. The van der Waals surface area contributed by atoms with Crippen molar-refractivity contribution in [1.29, 1.82) is 0 Å². The molecule has 1 rings (SSSR count). The second-order valence-corrected chi connectivity index (χ2v) is 6.10. The third kappa shape index (κ3) is 7.30. The Morgan fingerprint density at radius 3 is 2.59 bits per heavy atom. The summed E-state index contributed by atoms with van der Waals surface area (Å²) in [6.45, 7) is 0.477. The van der Waals surface area contributed by atoms with Crippen molar-refractivity contribution in [3.05, 3.63) is 23.8 Å². The van der Waals surface area contributed by atoms with E-state index in [1.165, 1.54) is 24.5 Å². The summed E-state index contributed by atoms with van der Waals surface area (Å²) in [6, 6.07) is 3.82. The summed E-state index contributed by atoms with van der Waals surface area (Å²) in [5, 5.41) is 5.05. The van der Waals surface area contributed by atoms with Crippen molar-refractivity contribution in [3.8, 4) is 5.75 Å². The normalized spacial score (nSPS) is 12.6. The summed E-state index contributed by atoms with van der Waals surface area (Å²) in [4.78, 5) is 11.5. The summed E-state index contributed by atoms with van der Waals surface area (Å²) < 4.78 is 51.8. The predicted molar refractivity (Wildman–Crippen MR) is 78.7 cm³/mol. The van der Waals surface area contributed by atoms with E-state index in [-0.39, 0.29) is 12.3 Å². The van der Waals surface area contributed by atoms with Gasteiger partial charge in [-0.2, -0.15) is 13.2 Å². The van der Waals surface area contributed by atoms with Gasteiger partial charge in [0.05, 0.1) is 0 Å². The minimum absolute atomic E-state index is 0.102. The van der Waals surface area contributed by atoms with Crippen molar-refractivity contribution in [1.82, 2.24) is 5.32 Å². The van der Waals surface area contributed by atoms with Gasteiger partial charge in [-0.25, -0.2) is 4.79 Å². The number of hydrogen-bond donors (Lipinski definition) is 2. The van der Waals surface area contributed by atoms with Crippen LogP contribution >= 0.6 is 0 Å². The Morgan fingerprint density at radius 1 is 1.36 bits per heavy atom. The second-order valence-electron chi connectivity index (χ2n) is 4.54. The van der Waals surface area contributed by atoms with E-state index in [0.29, 0.717) is 17.0 Å². The largest absolute Gasteiger partial charge is 0.484 e. The Balaban J connectivity index is 2.54. The van der Waals surface area contributed by atoms with E-state index in [1.807, 2.05) is 0 Å². The fraction of sp³-hybridized carbons (Fsp3) is 0.462. The van der Waals surface area contributed by atoms with Crippen LogP contribution < -0.4 is 15.4 Å². The number of carbonyl (C=O) groups is 1. The Morgan fingerprint density at radius 2 is 2.05 bits per heavy atom. The number of carbonyl (C=O) groups excluding carboxylic acids is 1. The van der Waals surface area contributed by atoms with Crippen LogP contribution in [0.3, 0.4) is 0 Å². The van der Waals surface area contributed by atoms with Gasteiger partial charge in [0, 0.05) is 35.0 Å². The monoisotopic (exact) mass is 338 g/mol. The van der Waals surface area contributed by atoms with Crippen molar-refractivity contribution in [3.63, 3.8) is 0 Å². The predicted octanol–water partition coefficient (Wildman–Crippen LogP) is 2.44. The lowest BCUT2D eigenvalue weighted by Crippen LogP contribution is -2.31. The number of alkyl halides is 3. The van der Waals surface area contributed by atoms with Crippen molar-refractivity contribution in [2.75, 3.05) is 30.5 Å². The molecule has 1 atom stereocenters. The van der Waals surface area contributed by atoms with Gasteiger partial charge in [0.15, 0.2) is 6.61 Å². The fourth-order valence-corrected chi connectivity index (χ4v) is 1.92. The average molecular weight is 338 g/mol. The molecule has 0 radical (unpaired) electrons. The molecule has 0 aliphatic rings. The molecule has 0 aliphatic carbocycles. The summed E-state index contributed by atoms with van der Waals surface area (Å²) in [5.74, 6) is 0.445. The van der Waals surface area contributed by atoms with Gasteiger partial charge < -0.3 is 15.4 Å². The zero-order valence-corrected chi connectivity index (χ0v) is 12.9. The molecule has 5 nitrogen and oxygen atoms in total. The molecule has 0 aliphatic heterocycles. The van der Waals surface area contributed by atoms with Crippen LogP contribution in [0.25, 0.3) is 0 Å². The van der Waals surface area contributed by atoms with Crippen molar-refractivity contribution in [2.45, 2.75) is 13.1 Å². The number of amides is 2. The first-order chi connectivity index (χ1) is 10.2. The third-order valence-corrected chi connectivity index (χ3v) is 3.28. The molecule has 0 fully saturated rings. The smallest absolute Gasteiger partial charge is 0.422 e. The molecule has 22 heavy (non-hydrogen) atoms.